The Morgan fingerprint density at radius 2 is 2.21 bits per heavy atom. The van der Waals surface area contributed by atoms with Gasteiger partial charge in [-0.25, -0.2) is 0 Å². The lowest BCUT2D eigenvalue weighted by atomic mass is 10.2. The number of likely N-dealkylation sites (N-methyl/N-ethyl adjacent to an activating group) is 1. The van der Waals surface area contributed by atoms with Crippen molar-refractivity contribution in [3.05, 3.63) is 16.4 Å². The average molecular weight is 288 g/mol. The van der Waals surface area contributed by atoms with Gasteiger partial charge in [-0.3, -0.25) is 9.48 Å². The number of nitrogens with two attached hydrogens (primary N) is 1. The van der Waals surface area contributed by atoms with Crippen LogP contribution in [0.5, 0.6) is 0 Å². The van der Waals surface area contributed by atoms with Crippen LogP contribution in [-0.4, -0.2) is 28.8 Å². The highest BCUT2D eigenvalue weighted by Gasteiger charge is 2.15. The van der Waals surface area contributed by atoms with Gasteiger partial charge in [0.1, 0.15) is 11.7 Å². The molecule has 0 fully saturated rings. The number of carbonyl (C=O) groups is 1. The molecule has 0 saturated carbocycles. The number of nitrogens with zero attached hydrogens (tertiary/aromatic N) is 2. The van der Waals surface area contributed by atoms with Crippen LogP contribution in [0, 0.1) is 12.8 Å². The maximum absolute atomic E-state index is 11.4. The van der Waals surface area contributed by atoms with Gasteiger partial charge in [-0.05, 0) is 19.8 Å². The molecule has 1 amide bonds. The van der Waals surface area contributed by atoms with Gasteiger partial charge in [0.05, 0.1) is 11.3 Å². The quantitative estimate of drug-likeness (QED) is 0.775. The van der Waals surface area contributed by atoms with Crippen LogP contribution in [0.3, 0.4) is 0 Å². The van der Waals surface area contributed by atoms with Gasteiger partial charge in [-0.15, -0.1) is 0 Å². The van der Waals surface area contributed by atoms with Gasteiger partial charge in [0.15, 0.2) is 6.54 Å². The molecular formula is C13H24ClN4O+. The summed E-state index contributed by atoms with van der Waals surface area (Å²) in [5, 5.41) is 9.85. The van der Waals surface area contributed by atoms with Gasteiger partial charge in [0, 0.05) is 13.1 Å². The maximum atomic E-state index is 11.4. The van der Waals surface area contributed by atoms with E-state index in [1.54, 1.807) is 0 Å². The van der Waals surface area contributed by atoms with E-state index in [1.165, 1.54) is 0 Å². The lowest BCUT2D eigenvalue weighted by Crippen LogP contribution is -2.85. The fourth-order valence-corrected chi connectivity index (χ4v) is 2.23. The molecule has 0 aliphatic heterocycles. The Labute approximate surface area is 119 Å². The number of rotatable bonds is 7. The summed E-state index contributed by atoms with van der Waals surface area (Å²) in [7, 11) is 0. The number of nitrogens with one attached hydrogen (secondary N) is 1. The summed E-state index contributed by atoms with van der Waals surface area (Å²) in [4.78, 5) is 11.4. The van der Waals surface area contributed by atoms with Crippen LogP contribution in [0.25, 0.3) is 0 Å². The van der Waals surface area contributed by atoms with Gasteiger partial charge >= 0.3 is 0 Å². The first-order valence-electron chi connectivity index (χ1n) is 6.75. The van der Waals surface area contributed by atoms with Crippen LogP contribution >= 0.6 is 11.6 Å². The summed E-state index contributed by atoms with van der Waals surface area (Å²) in [5.41, 5.74) is 1.96. The number of aryl methyl sites for hydroxylation is 1. The van der Waals surface area contributed by atoms with Crippen LogP contribution in [0.4, 0.5) is 0 Å². The summed E-state index contributed by atoms with van der Waals surface area (Å²) in [5.74, 6) is 0.551. The lowest BCUT2D eigenvalue weighted by Gasteiger charge is -2.06. The molecule has 0 unspecified atom stereocenters. The molecule has 1 heterocycles. The number of aromatic nitrogens is 2. The minimum Gasteiger partial charge on any atom is -0.351 e. The van der Waals surface area contributed by atoms with Crippen molar-refractivity contribution in [2.24, 2.45) is 5.92 Å². The minimum absolute atomic E-state index is 0.0471. The minimum atomic E-state index is 0.0471. The van der Waals surface area contributed by atoms with E-state index in [2.05, 4.69) is 24.3 Å². The maximum Gasteiger partial charge on any atom is 0.275 e. The van der Waals surface area contributed by atoms with E-state index in [0.29, 0.717) is 30.7 Å². The second-order valence-electron chi connectivity index (χ2n) is 5.08. The predicted molar refractivity (Wildman–Crippen MR) is 76.0 cm³/mol. The number of quaternary nitrogens is 1. The van der Waals surface area contributed by atoms with Crippen molar-refractivity contribution in [1.29, 1.82) is 0 Å². The Hall–Kier alpha value is -1.07. The smallest absolute Gasteiger partial charge is 0.275 e. The number of halogens is 1. The highest BCUT2D eigenvalue weighted by Crippen LogP contribution is 2.19. The molecule has 1 aromatic rings. The van der Waals surface area contributed by atoms with Gasteiger partial charge < -0.3 is 10.6 Å². The highest BCUT2D eigenvalue weighted by atomic mass is 35.5. The van der Waals surface area contributed by atoms with E-state index < -0.39 is 0 Å². The van der Waals surface area contributed by atoms with Crippen molar-refractivity contribution < 1.29 is 10.1 Å². The molecule has 3 N–H and O–H groups in total. The third-order valence-electron chi connectivity index (χ3n) is 2.77. The topological polar surface area (TPSA) is 63.5 Å². The zero-order valence-corrected chi connectivity index (χ0v) is 12.9. The first-order valence-corrected chi connectivity index (χ1v) is 7.13. The van der Waals surface area contributed by atoms with Crippen LogP contribution in [0.2, 0.25) is 5.15 Å². The van der Waals surface area contributed by atoms with Crippen LogP contribution < -0.4 is 10.6 Å². The predicted octanol–water partition coefficient (Wildman–Crippen LogP) is 0.700. The number of hydrogen-bond acceptors (Lipinski definition) is 2. The van der Waals surface area contributed by atoms with E-state index in [1.807, 2.05) is 23.8 Å². The fourth-order valence-electron chi connectivity index (χ4n) is 1.91. The molecule has 1 aromatic heterocycles. The molecule has 0 radical (unpaired) electrons. The molecule has 0 aromatic carbocycles. The third kappa shape index (κ3) is 4.84. The second kappa shape index (κ2) is 7.50. The lowest BCUT2D eigenvalue weighted by molar-refractivity contribution is -0.660. The molecule has 0 aliphatic rings. The molecular weight excluding hydrogens is 264 g/mol. The molecule has 5 nitrogen and oxygen atoms in total. The Kier molecular flexibility index (Phi) is 6.31. The number of hydrogen-bond donors (Lipinski definition) is 2. The SMILES string of the molecule is CCNC(=O)C[NH2+]Cc1c(C)nn(CC(C)C)c1Cl. The fraction of sp³-hybridized carbons (Fsp3) is 0.692. The zero-order chi connectivity index (χ0) is 14.4. The van der Waals surface area contributed by atoms with E-state index >= 15 is 0 Å². The van der Waals surface area contributed by atoms with Gasteiger partial charge in [-0.2, -0.15) is 5.10 Å². The van der Waals surface area contributed by atoms with Gasteiger partial charge in [-0.1, -0.05) is 25.4 Å². The van der Waals surface area contributed by atoms with Crippen LogP contribution in [0.15, 0.2) is 0 Å². The Balaban J connectivity index is 2.58. The van der Waals surface area contributed by atoms with Gasteiger partial charge in [0.25, 0.3) is 5.91 Å². The van der Waals surface area contributed by atoms with Gasteiger partial charge in [0.2, 0.25) is 0 Å². The molecule has 0 bridgehead atoms. The summed E-state index contributed by atoms with van der Waals surface area (Å²) in [6, 6.07) is 0. The van der Waals surface area contributed by atoms with Crippen molar-refractivity contribution in [2.75, 3.05) is 13.1 Å². The molecule has 0 saturated heterocycles. The molecule has 19 heavy (non-hydrogen) atoms. The molecule has 6 heteroatoms. The Bertz CT molecular complexity index is 429. The average Bonchev–Trinajstić information content (AvgIpc) is 2.56. The summed E-state index contributed by atoms with van der Waals surface area (Å²) in [6.45, 7) is 10.7. The first-order chi connectivity index (χ1) is 8.95. The van der Waals surface area contributed by atoms with Crippen LogP contribution in [0.1, 0.15) is 32.0 Å². The zero-order valence-electron chi connectivity index (χ0n) is 12.2. The number of carbonyl (C=O) groups excluding carboxylic acids is 1. The molecule has 0 spiro atoms. The third-order valence-corrected chi connectivity index (χ3v) is 3.20. The normalized spacial score (nSPS) is 11.1. The van der Waals surface area contributed by atoms with Crippen molar-refractivity contribution in [1.82, 2.24) is 15.1 Å². The number of amides is 1. The van der Waals surface area contributed by atoms with E-state index in [4.69, 9.17) is 11.6 Å². The monoisotopic (exact) mass is 287 g/mol. The first kappa shape index (κ1) is 16.0. The largest absolute Gasteiger partial charge is 0.351 e. The van der Waals surface area contributed by atoms with E-state index in [-0.39, 0.29) is 5.91 Å². The molecule has 0 aliphatic carbocycles. The summed E-state index contributed by atoms with van der Waals surface area (Å²) >= 11 is 6.33. The van der Waals surface area contributed by atoms with Crippen molar-refractivity contribution >= 4 is 17.5 Å². The Morgan fingerprint density at radius 3 is 2.79 bits per heavy atom. The highest BCUT2D eigenvalue weighted by molar-refractivity contribution is 6.30. The second-order valence-corrected chi connectivity index (χ2v) is 5.44. The van der Waals surface area contributed by atoms with Crippen molar-refractivity contribution in [2.45, 2.75) is 40.8 Å². The standard InChI is InChI=1S/C13H23ClN4O/c1-5-16-12(19)7-15-6-11-10(4)17-18(13(11)14)8-9(2)3/h9,15H,5-8H2,1-4H3,(H,16,19)/p+1. The molecule has 1 rings (SSSR count). The van der Waals surface area contributed by atoms with Crippen molar-refractivity contribution in [3.63, 3.8) is 0 Å². The molecule has 0 atom stereocenters. The Morgan fingerprint density at radius 1 is 1.53 bits per heavy atom. The molecule has 108 valence electrons. The van der Waals surface area contributed by atoms with E-state index in [9.17, 15) is 4.79 Å². The van der Waals surface area contributed by atoms with Crippen molar-refractivity contribution in [3.8, 4) is 0 Å². The van der Waals surface area contributed by atoms with E-state index in [0.717, 1.165) is 17.8 Å². The summed E-state index contributed by atoms with van der Waals surface area (Å²) < 4.78 is 1.84. The van der Waals surface area contributed by atoms with Crippen LogP contribution in [-0.2, 0) is 17.9 Å². The summed E-state index contributed by atoms with van der Waals surface area (Å²) in [6.07, 6.45) is 0.